The molecule has 32 heavy (non-hydrogen) atoms. The molecule has 1 aliphatic heterocycles. The Labute approximate surface area is 192 Å². The van der Waals surface area contributed by atoms with Gasteiger partial charge >= 0.3 is 0 Å². The zero-order valence-electron chi connectivity index (χ0n) is 18.1. The molecule has 2 heterocycles. The highest BCUT2D eigenvalue weighted by molar-refractivity contribution is 6.33. The Bertz CT molecular complexity index is 1100. The van der Waals surface area contributed by atoms with Crippen molar-refractivity contribution in [2.75, 3.05) is 6.54 Å². The minimum absolute atomic E-state index is 0.00490. The Balaban J connectivity index is 1.45. The van der Waals surface area contributed by atoms with Gasteiger partial charge < -0.3 is 14.2 Å². The summed E-state index contributed by atoms with van der Waals surface area (Å²) in [5.74, 6) is 0.162. The molecular weight excluding hydrogens is 428 g/mol. The summed E-state index contributed by atoms with van der Waals surface area (Å²) in [6.45, 7) is 4.96. The van der Waals surface area contributed by atoms with Crippen molar-refractivity contribution in [1.82, 2.24) is 20.0 Å². The van der Waals surface area contributed by atoms with Gasteiger partial charge in [-0.05, 0) is 31.5 Å². The number of carbonyl (C=O) groups is 2. The van der Waals surface area contributed by atoms with Crippen LogP contribution in [-0.2, 0) is 22.7 Å². The second kappa shape index (κ2) is 9.53. The third kappa shape index (κ3) is 4.83. The summed E-state index contributed by atoms with van der Waals surface area (Å²) in [5, 5.41) is 8.71. The van der Waals surface area contributed by atoms with Crippen molar-refractivity contribution in [3.63, 3.8) is 0 Å². The van der Waals surface area contributed by atoms with Gasteiger partial charge in [0.2, 0.25) is 23.6 Å². The molecule has 1 saturated heterocycles. The van der Waals surface area contributed by atoms with Crippen LogP contribution >= 0.6 is 11.6 Å². The highest BCUT2D eigenvalue weighted by Crippen LogP contribution is 2.28. The highest BCUT2D eigenvalue weighted by atomic mass is 35.5. The molecule has 1 aromatic heterocycles. The van der Waals surface area contributed by atoms with Crippen LogP contribution < -0.4 is 0 Å². The fraction of sp³-hybridized carbons (Fsp3) is 0.333. The second-order valence-electron chi connectivity index (χ2n) is 8.20. The van der Waals surface area contributed by atoms with E-state index in [0.717, 1.165) is 5.56 Å². The third-order valence-corrected chi connectivity index (χ3v) is 5.89. The molecule has 8 heteroatoms. The van der Waals surface area contributed by atoms with Crippen LogP contribution in [-0.4, -0.2) is 44.4 Å². The number of halogens is 1. The summed E-state index contributed by atoms with van der Waals surface area (Å²) in [5.41, 5.74) is 1.70. The van der Waals surface area contributed by atoms with E-state index in [1.54, 1.807) is 21.9 Å². The smallest absolute Gasteiger partial charge is 0.249 e. The Morgan fingerprint density at radius 3 is 2.59 bits per heavy atom. The van der Waals surface area contributed by atoms with E-state index in [1.807, 2.05) is 56.3 Å². The van der Waals surface area contributed by atoms with Crippen LogP contribution in [0.1, 0.15) is 31.7 Å². The van der Waals surface area contributed by atoms with Crippen molar-refractivity contribution >= 4 is 23.4 Å². The van der Waals surface area contributed by atoms with Crippen LogP contribution in [0.25, 0.3) is 11.5 Å². The molecular formula is C24H25ClN4O3. The van der Waals surface area contributed by atoms with Crippen LogP contribution in [0.3, 0.4) is 0 Å². The largest absolute Gasteiger partial charge is 0.419 e. The normalized spacial score (nSPS) is 16.1. The molecule has 0 spiro atoms. The first-order valence-electron chi connectivity index (χ1n) is 10.6. The number of carbonyl (C=O) groups excluding carboxylic acids is 2. The highest BCUT2D eigenvalue weighted by Gasteiger charge is 2.37. The number of rotatable bonds is 7. The Morgan fingerprint density at radius 1 is 1.16 bits per heavy atom. The molecule has 7 nitrogen and oxygen atoms in total. The fourth-order valence-corrected chi connectivity index (χ4v) is 4.07. The third-order valence-electron chi connectivity index (χ3n) is 5.56. The second-order valence-corrected chi connectivity index (χ2v) is 8.61. The maximum absolute atomic E-state index is 13.3. The predicted octanol–water partition coefficient (Wildman–Crippen LogP) is 4.18. The molecule has 1 atom stereocenters. The van der Waals surface area contributed by atoms with Crippen LogP contribution in [0.15, 0.2) is 59.0 Å². The van der Waals surface area contributed by atoms with Crippen molar-refractivity contribution in [3.8, 4) is 11.5 Å². The van der Waals surface area contributed by atoms with Gasteiger partial charge in [0, 0.05) is 25.6 Å². The van der Waals surface area contributed by atoms with Gasteiger partial charge in [0.05, 0.1) is 23.0 Å². The Morgan fingerprint density at radius 2 is 1.88 bits per heavy atom. The maximum atomic E-state index is 13.3. The summed E-state index contributed by atoms with van der Waals surface area (Å²) >= 11 is 6.22. The first kappa shape index (κ1) is 22.0. The van der Waals surface area contributed by atoms with Crippen LogP contribution in [0.2, 0.25) is 5.02 Å². The van der Waals surface area contributed by atoms with E-state index in [0.29, 0.717) is 35.5 Å². The van der Waals surface area contributed by atoms with E-state index in [-0.39, 0.29) is 36.7 Å². The lowest BCUT2D eigenvalue weighted by Gasteiger charge is -2.28. The number of amides is 2. The molecule has 1 fully saturated rings. The number of likely N-dealkylation sites (tertiary alicyclic amines) is 1. The Hall–Kier alpha value is -3.19. The first-order chi connectivity index (χ1) is 15.4. The van der Waals surface area contributed by atoms with Gasteiger partial charge in [-0.3, -0.25) is 9.59 Å². The molecule has 0 saturated carbocycles. The van der Waals surface area contributed by atoms with E-state index in [4.69, 9.17) is 16.0 Å². The monoisotopic (exact) mass is 452 g/mol. The van der Waals surface area contributed by atoms with E-state index in [1.165, 1.54) is 0 Å². The van der Waals surface area contributed by atoms with Gasteiger partial charge in [0.1, 0.15) is 0 Å². The number of hydrogen-bond donors (Lipinski definition) is 0. The quantitative estimate of drug-likeness (QED) is 0.537. The number of aromatic nitrogens is 2. The summed E-state index contributed by atoms with van der Waals surface area (Å²) in [4.78, 5) is 29.3. The SMILES string of the molecule is CC(C)N(Cc1nnc(-c2ccccc2Cl)o1)C(=O)C1CC(=O)N(Cc2ccccc2)C1. The van der Waals surface area contributed by atoms with Gasteiger partial charge in [-0.2, -0.15) is 0 Å². The predicted molar refractivity (Wildman–Crippen MR) is 120 cm³/mol. The van der Waals surface area contributed by atoms with Crippen molar-refractivity contribution in [1.29, 1.82) is 0 Å². The van der Waals surface area contributed by atoms with Gasteiger partial charge in [-0.15, -0.1) is 10.2 Å². The average molecular weight is 453 g/mol. The number of hydrogen-bond acceptors (Lipinski definition) is 5. The lowest BCUT2D eigenvalue weighted by atomic mass is 10.1. The fourth-order valence-electron chi connectivity index (χ4n) is 3.85. The summed E-state index contributed by atoms with van der Waals surface area (Å²) < 4.78 is 5.79. The van der Waals surface area contributed by atoms with E-state index in [9.17, 15) is 9.59 Å². The number of nitrogens with zero attached hydrogens (tertiary/aromatic N) is 4. The molecule has 0 bridgehead atoms. The molecule has 1 unspecified atom stereocenters. The maximum Gasteiger partial charge on any atom is 0.249 e. The summed E-state index contributed by atoms with van der Waals surface area (Å²) in [6, 6.07) is 16.9. The standard InChI is InChI=1S/C24H25ClN4O3/c1-16(2)29(15-21-26-27-23(32-21)19-10-6-7-11-20(19)25)24(31)18-12-22(30)28(14-18)13-17-8-4-3-5-9-17/h3-11,16,18H,12-15H2,1-2H3. The minimum atomic E-state index is -0.389. The number of benzene rings is 2. The molecule has 0 N–H and O–H groups in total. The lowest BCUT2D eigenvalue weighted by Crippen LogP contribution is -2.41. The lowest BCUT2D eigenvalue weighted by molar-refractivity contribution is -0.138. The molecule has 2 aromatic carbocycles. The van der Waals surface area contributed by atoms with Gasteiger partial charge in [0.25, 0.3) is 0 Å². The molecule has 3 aromatic rings. The molecule has 0 radical (unpaired) electrons. The van der Waals surface area contributed by atoms with Crippen molar-refractivity contribution in [3.05, 3.63) is 71.1 Å². The van der Waals surface area contributed by atoms with Crippen LogP contribution in [0.5, 0.6) is 0 Å². The summed E-state index contributed by atoms with van der Waals surface area (Å²) in [6.07, 6.45) is 0.212. The van der Waals surface area contributed by atoms with E-state index < -0.39 is 0 Å². The van der Waals surface area contributed by atoms with Gasteiger partial charge in [-0.25, -0.2) is 0 Å². The molecule has 2 amide bonds. The van der Waals surface area contributed by atoms with E-state index >= 15 is 0 Å². The average Bonchev–Trinajstić information content (AvgIpc) is 3.39. The zero-order valence-corrected chi connectivity index (χ0v) is 18.8. The van der Waals surface area contributed by atoms with Crippen molar-refractivity contribution in [2.45, 2.75) is 39.4 Å². The molecule has 0 aliphatic carbocycles. The van der Waals surface area contributed by atoms with Gasteiger partial charge in [0.15, 0.2) is 0 Å². The van der Waals surface area contributed by atoms with Crippen molar-refractivity contribution in [2.24, 2.45) is 5.92 Å². The van der Waals surface area contributed by atoms with Crippen molar-refractivity contribution < 1.29 is 14.0 Å². The Kier molecular flexibility index (Phi) is 6.55. The van der Waals surface area contributed by atoms with Gasteiger partial charge in [-0.1, -0.05) is 54.1 Å². The van der Waals surface area contributed by atoms with Crippen LogP contribution in [0.4, 0.5) is 0 Å². The zero-order chi connectivity index (χ0) is 22.7. The topological polar surface area (TPSA) is 79.5 Å². The van der Waals surface area contributed by atoms with E-state index in [2.05, 4.69) is 10.2 Å². The van der Waals surface area contributed by atoms with Crippen LogP contribution in [0, 0.1) is 5.92 Å². The molecule has 166 valence electrons. The first-order valence-corrected chi connectivity index (χ1v) is 11.0. The molecule has 4 rings (SSSR count). The molecule has 1 aliphatic rings. The summed E-state index contributed by atoms with van der Waals surface area (Å²) in [7, 11) is 0. The minimum Gasteiger partial charge on any atom is -0.419 e.